The summed E-state index contributed by atoms with van der Waals surface area (Å²) in [5, 5.41) is 9.10. The molecule has 6 heteroatoms. The van der Waals surface area contributed by atoms with Gasteiger partial charge in [-0.2, -0.15) is 0 Å². The Bertz CT molecular complexity index is 659. The lowest BCUT2D eigenvalue weighted by Crippen LogP contribution is -2.10. The molecule has 21 heavy (non-hydrogen) atoms. The van der Waals surface area contributed by atoms with Gasteiger partial charge >= 0.3 is 5.97 Å². The second-order valence-corrected chi connectivity index (χ2v) is 4.39. The van der Waals surface area contributed by atoms with Crippen LogP contribution >= 0.6 is 0 Å². The van der Waals surface area contributed by atoms with Gasteiger partial charge in [0.1, 0.15) is 6.61 Å². The Hall–Kier alpha value is -2.50. The Morgan fingerprint density at radius 2 is 2.00 bits per heavy atom. The van der Waals surface area contributed by atoms with E-state index in [2.05, 4.69) is 4.98 Å². The number of nitrogens with zero attached hydrogens (tertiary/aromatic N) is 1. The van der Waals surface area contributed by atoms with Gasteiger partial charge in [-0.1, -0.05) is 18.2 Å². The highest BCUT2D eigenvalue weighted by Gasteiger charge is 2.20. The van der Waals surface area contributed by atoms with Crippen LogP contribution in [0.2, 0.25) is 0 Å². The molecule has 1 aromatic carbocycles. The number of halogens is 2. The predicted molar refractivity (Wildman–Crippen MR) is 71.7 cm³/mol. The summed E-state index contributed by atoms with van der Waals surface area (Å²) in [6, 6.07) is 8.82. The number of aryl methyl sites for hydroxylation is 1. The van der Waals surface area contributed by atoms with Gasteiger partial charge in [0.2, 0.25) is 5.88 Å². The van der Waals surface area contributed by atoms with E-state index in [-0.39, 0.29) is 29.2 Å². The van der Waals surface area contributed by atoms with Crippen molar-refractivity contribution in [1.29, 1.82) is 0 Å². The maximum Gasteiger partial charge on any atom is 0.336 e. The Morgan fingerprint density at radius 3 is 2.62 bits per heavy atom. The van der Waals surface area contributed by atoms with Crippen molar-refractivity contribution in [3.05, 3.63) is 58.8 Å². The van der Waals surface area contributed by atoms with Crippen molar-refractivity contribution in [1.82, 2.24) is 4.98 Å². The van der Waals surface area contributed by atoms with Crippen molar-refractivity contribution in [2.24, 2.45) is 0 Å². The normalized spacial score (nSPS) is 10.7. The number of hydrogen-bond donors (Lipinski definition) is 1. The summed E-state index contributed by atoms with van der Waals surface area (Å²) in [6.07, 6.45) is -2.77. The number of ether oxygens (including phenoxy) is 1. The van der Waals surface area contributed by atoms with E-state index in [0.29, 0.717) is 5.69 Å². The molecule has 4 nitrogen and oxygen atoms in total. The van der Waals surface area contributed by atoms with Gasteiger partial charge < -0.3 is 9.84 Å². The number of carbonyl (C=O) groups is 1. The van der Waals surface area contributed by atoms with Crippen LogP contribution in [0.5, 0.6) is 5.88 Å². The Morgan fingerprint density at radius 1 is 1.29 bits per heavy atom. The zero-order valence-electron chi connectivity index (χ0n) is 11.2. The molecule has 0 fully saturated rings. The molecular formula is C15H13F2NO3. The number of hydrogen-bond acceptors (Lipinski definition) is 3. The summed E-state index contributed by atoms with van der Waals surface area (Å²) in [5.41, 5.74) is 0.138. The first-order valence-electron chi connectivity index (χ1n) is 6.18. The SMILES string of the molecule is Cc1cccc(OCc2c(C(=O)O)cccc2C(F)F)n1. The number of aromatic nitrogens is 1. The quantitative estimate of drug-likeness (QED) is 0.915. The number of carboxylic acid groups (broad SMARTS) is 1. The van der Waals surface area contributed by atoms with Crippen molar-refractivity contribution < 1.29 is 23.4 Å². The average Bonchev–Trinajstić information content (AvgIpc) is 2.44. The molecule has 1 N–H and O–H groups in total. The van der Waals surface area contributed by atoms with Crippen molar-refractivity contribution in [3.63, 3.8) is 0 Å². The standard InChI is InChI=1S/C15H13F2NO3/c1-9-4-2-7-13(18-9)21-8-12-10(14(16)17)5-3-6-11(12)15(19)20/h2-7,14H,8H2,1H3,(H,19,20). The van der Waals surface area contributed by atoms with E-state index in [1.807, 2.05) is 0 Å². The molecule has 0 aliphatic rings. The lowest BCUT2D eigenvalue weighted by atomic mass is 10.0. The van der Waals surface area contributed by atoms with Gasteiger partial charge in [-0.25, -0.2) is 18.6 Å². The Kier molecular flexibility index (Phi) is 4.47. The highest BCUT2D eigenvalue weighted by molar-refractivity contribution is 5.89. The molecule has 2 aromatic rings. The highest BCUT2D eigenvalue weighted by Crippen LogP contribution is 2.26. The van der Waals surface area contributed by atoms with E-state index in [0.717, 1.165) is 0 Å². The minimum atomic E-state index is -2.77. The van der Waals surface area contributed by atoms with Gasteiger partial charge in [-0.15, -0.1) is 0 Å². The molecule has 1 aromatic heterocycles. The van der Waals surface area contributed by atoms with E-state index < -0.39 is 12.4 Å². The Labute approximate surface area is 120 Å². The van der Waals surface area contributed by atoms with Crippen molar-refractivity contribution in [2.45, 2.75) is 20.0 Å². The fourth-order valence-corrected chi connectivity index (χ4v) is 1.92. The van der Waals surface area contributed by atoms with Crippen LogP contribution in [-0.4, -0.2) is 16.1 Å². The molecule has 0 spiro atoms. The third kappa shape index (κ3) is 3.53. The average molecular weight is 293 g/mol. The summed E-state index contributed by atoms with van der Waals surface area (Å²) in [5.74, 6) is -1.01. The van der Waals surface area contributed by atoms with E-state index in [1.54, 1.807) is 25.1 Å². The zero-order valence-corrected chi connectivity index (χ0v) is 11.2. The molecular weight excluding hydrogens is 280 g/mol. The molecule has 0 bridgehead atoms. The van der Waals surface area contributed by atoms with Crippen LogP contribution in [0.1, 0.15) is 33.6 Å². The first-order valence-corrected chi connectivity index (χ1v) is 6.18. The predicted octanol–water partition coefficient (Wildman–Crippen LogP) is 3.60. The molecule has 0 saturated carbocycles. The molecule has 0 unspecified atom stereocenters. The topological polar surface area (TPSA) is 59.4 Å². The zero-order chi connectivity index (χ0) is 15.4. The summed E-state index contributed by atoms with van der Waals surface area (Å²) < 4.78 is 31.3. The first-order chi connectivity index (χ1) is 9.99. The van der Waals surface area contributed by atoms with Gasteiger partial charge in [0.05, 0.1) is 5.56 Å². The van der Waals surface area contributed by atoms with Gasteiger partial charge in [-0.3, -0.25) is 0 Å². The minimum absolute atomic E-state index is 0.0386. The van der Waals surface area contributed by atoms with E-state index in [4.69, 9.17) is 9.84 Å². The Balaban J connectivity index is 2.31. The van der Waals surface area contributed by atoms with Crippen molar-refractivity contribution in [2.75, 3.05) is 0 Å². The summed E-state index contributed by atoms with van der Waals surface area (Å²) in [4.78, 5) is 15.2. The first kappa shape index (κ1) is 14.9. The number of rotatable bonds is 5. The number of alkyl halides is 2. The minimum Gasteiger partial charge on any atom is -0.478 e. The van der Waals surface area contributed by atoms with Crippen LogP contribution in [0.4, 0.5) is 8.78 Å². The van der Waals surface area contributed by atoms with E-state index >= 15 is 0 Å². The maximum atomic E-state index is 13.0. The fourth-order valence-electron chi connectivity index (χ4n) is 1.92. The summed E-state index contributed by atoms with van der Waals surface area (Å²) in [7, 11) is 0. The lowest BCUT2D eigenvalue weighted by Gasteiger charge is -2.13. The maximum absolute atomic E-state index is 13.0. The number of pyridine rings is 1. The number of benzene rings is 1. The van der Waals surface area contributed by atoms with Gasteiger partial charge in [-0.05, 0) is 19.1 Å². The molecule has 2 rings (SSSR count). The van der Waals surface area contributed by atoms with Crippen LogP contribution in [0.3, 0.4) is 0 Å². The van der Waals surface area contributed by atoms with Gasteiger partial charge in [0.25, 0.3) is 6.43 Å². The lowest BCUT2D eigenvalue weighted by molar-refractivity contribution is 0.0693. The highest BCUT2D eigenvalue weighted by atomic mass is 19.3. The van der Waals surface area contributed by atoms with Gasteiger partial charge in [0.15, 0.2) is 0 Å². The fraction of sp³-hybridized carbons (Fsp3) is 0.200. The van der Waals surface area contributed by atoms with Gasteiger partial charge in [0, 0.05) is 22.9 Å². The smallest absolute Gasteiger partial charge is 0.336 e. The largest absolute Gasteiger partial charge is 0.478 e. The molecule has 0 aliphatic carbocycles. The number of carboxylic acids is 1. The van der Waals surface area contributed by atoms with E-state index in [1.165, 1.54) is 18.2 Å². The van der Waals surface area contributed by atoms with Crippen molar-refractivity contribution >= 4 is 5.97 Å². The summed E-state index contributed by atoms with van der Waals surface area (Å²) >= 11 is 0. The molecule has 0 aliphatic heterocycles. The molecule has 0 radical (unpaired) electrons. The van der Waals surface area contributed by atoms with Crippen LogP contribution < -0.4 is 4.74 Å². The number of aromatic carboxylic acids is 1. The van der Waals surface area contributed by atoms with Crippen molar-refractivity contribution in [3.8, 4) is 5.88 Å². The third-order valence-electron chi connectivity index (χ3n) is 2.90. The monoisotopic (exact) mass is 293 g/mol. The van der Waals surface area contributed by atoms with E-state index in [9.17, 15) is 13.6 Å². The van der Waals surface area contributed by atoms with Crippen LogP contribution in [-0.2, 0) is 6.61 Å². The molecule has 110 valence electrons. The molecule has 0 atom stereocenters. The third-order valence-corrected chi connectivity index (χ3v) is 2.90. The molecule has 0 amide bonds. The van der Waals surface area contributed by atoms with Crippen LogP contribution in [0, 0.1) is 6.92 Å². The summed E-state index contributed by atoms with van der Waals surface area (Å²) in [6.45, 7) is 1.49. The molecule has 0 saturated heterocycles. The van der Waals surface area contributed by atoms with Crippen LogP contribution in [0.15, 0.2) is 36.4 Å². The molecule has 1 heterocycles. The second kappa shape index (κ2) is 6.30. The van der Waals surface area contributed by atoms with Crippen LogP contribution in [0.25, 0.3) is 0 Å². The second-order valence-electron chi connectivity index (χ2n) is 4.39.